The molecule has 1 aromatic carbocycles. The molecule has 4 nitrogen and oxygen atoms in total. The van der Waals surface area contributed by atoms with Gasteiger partial charge in [0, 0.05) is 18.7 Å². The average molecular weight is 194 g/mol. The average Bonchev–Trinajstić information content (AvgIpc) is 2.20. The second-order valence-electron chi connectivity index (χ2n) is 2.95. The molecule has 0 atom stereocenters. The molecule has 4 heteroatoms. The minimum Gasteiger partial charge on any atom is -0.508 e. The Balaban J connectivity index is 2.90. The van der Waals surface area contributed by atoms with Crippen LogP contribution in [-0.4, -0.2) is 11.0 Å². The summed E-state index contributed by atoms with van der Waals surface area (Å²) in [5.74, 6) is 0.0883. The van der Waals surface area contributed by atoms with Gasteiger partial charge in [-0.25, -0.2) is 0 Å². The van der Waals surface area contributed by atoms with Crippen molar-refractivity contribution in [1.29, 1.82) is 0 Å². The van der Waals surface area contributed by atoms with Crippen LogP contribution in [0.25, 0.3) is 0 Å². The zero-order valence-electron chi connectivity index (χ0n) is 8.08. The number of nitrogens with one attached hydrogen (secondary N) is 1. The molecule has 1 aromatic rings. The highest BCUT2D eigenvalue weighted by Gasteiger charge is 2.04. The van der Waals surface area contributed by atoms with Gasteiger partial charge in [0.05, 0.1) is 0 Å². The lowest BCUT2D eigenvalue weighted by Crippen LogP contribution is -2.12. The van der Waals surface area contributed by atoms with E-state index in [2.05, 4.69) is 5.32 Å². The molecule has 76 valence electrons. The van der Waals surface area contributed by atoms with Crippen molar-refractivity contribution in [3.63, 3.8) is 0 Å². The molecule has 0 aliphatic rings. The fourth-order valence-corrected chi connectivity index (χ4v) is 1.11. The zero-order valence-corrected chi connectivity index (χ0v) is 8.08. The van der Waals surface area contributed by atoms with E-state index in [1.807, 2.05) is 0 Å². The quantitative estimate of drug-likeness (QED) is 0.633. The van der Waals surface area contributed by atoms with E-state index in [4.69, 9.17) is 5.73 Å². The monoisotopic (exact) mass is 194 g/mol. The van der Waals surface area contributed by atoms with E-state index in [-0.39, 0.29) is 18.2 Å². The zero-order chi connectivity index (χ0) is 10.6. The molecule has 4 N–H and O–H groups in total. The van der Waals surface area contributed by atoms with Gasteiger partial charge < -0.3 is 16.2 Å². The maximum Gasteiger partial charge on any atom is 0.224 e. The summed E-state index contributed by atoms with van der Waals surface area (Å²) in [6.07, 6.45) is 0.422. The first-order chi connectivity index (χ1) is 6.67. The lowest BCUT2D eigenvalue weighted by atomic mass is 10.1. The van der Waals surface area contributed by atoms with E-state index in [0.29, 0.717) is 12.1 Å². The molecule has 0 aromatic heterocycles. The Morgan fingerprint density at radius 2 is 2.29 bits per heavy atom. The van der Waals surface area contributed by atoms with Crippen LogP contribution >= 0.6 is 0 Å². The lowest BCUT2D eigenvalue weighted by Gasteiger charge is -2.09. The second kappa shape index (κ2) is 4.62. The van der Waals surface area contributed by atoms with E-state index >= 15 is 0 Å². The fourth-order valence-electron chi connectivity index (χ4n) is 1.11. The molecule has 0 saturated carbocycles. The van der Waals surface area contributed by atoms with E-state index < -0.39 is 0 Å². The van der Waals surface area contributed by atoms with Crippen molar-refractivity contribution in [1.82, 2.24) is 0 Å². The molecule has 0 spiro atoms. The van der Waals surface area contributed by atoms with E-state index in [0.717, 1.165) is 5.56 Å². The molecule has 0 aliphatic carbocycles. The molecule has 0 bridgehead atoms. The summed E-state index contributed by atoms with van der Waals surface area (Å²) in [6.45, 7) is 2.06. The summed E-state index contributed by atoms with van der Waals surface area (Å²) in [4.78, 5) is 11.1. The Morgan fingerprint density at radius 1 is 1.57 bits per heavy atom. The van der Waals surface area contributed by atoms with Crippen LogP contribution in [-0.2, 0) is 11.3 Å². The number of phenolic OH excluding ortho intramolecular Hbond substituents is 1. The number of aromatic hydroxyl groups is 1. The number of rotatable bonds is 3. The number of amides is 1. The van der Waals surface area contributed by atoms with Crippen LogP contribution in [0, 0.1) is 0 Å². The summed E-state index contributed by atoms with van der Waals surface area (Å²) in [5.41, 5.74) is 6.87. The molecule has 1 rings (SSSR count). The third kappa shape index (κ3) is 2.47. The van der Waals surface area contributed by atoms with Crippen LogP contribution in [0.2, 0.25) is 0 Å². The Labute approximate surface area is 82.7 Å². The van der Waals surface area contributed by atoms with Crippen LogP contribution in [0.3, 0.4) is 0 Å². The topological polar surface area (TPSA) is 75.3 Å². The van der Waals surface area contributed by atoms with Crippen LogP contribution in [0.4, 0.5) is 5.69 Å². The van der Waals surface area contributed by atoms with Gasteiger partial charge in [-0.2, -0.15) is 0 Å². The number of carbonyl (C=O) groups is 1. The highest BCUT2D eigenvalue weighted by Crippen LogP contribution is 2.20. The first kappa shape index (κ1) is 10.5. The Bertz CT molecular complexity index is 337. The summed E-state index contributed by atoms with van der Waals surface area (Å²) >= 11 is 0. The van der Waals surface area contributed by atoms with Gasteiger partial charge in [-0.15, -0.1) is 0 Å². The number of anilines is 1. The Morgan fingerprint density at radius 3 is 2.86 bits per heavy atom. The van der Waals surface area contributed by atoms with Gasteiger partial charge >= 0.3 is 0 Å². The molecule has 0 aliphatic heterocycles. The Kier molecular flexibility index (Phi) is 3.48. The number of benzene rings is 1. The van der Waals surface area contributed by atoms with Crippen LogP contribution in [0.1, 0.15) is 18.9 Å². The SMILES string of the molecule is CCC(=O)Nc1ccc(O)cc1CN. The summed E-state index contributed by atoms with van der Waals surface area (Å²) in [5, 5.41) is 11.9. The molecule has 0 saturated heterocycles. The molecular formula is C10H14N2O2. The van der Waals surface area contributed by atoms with Crippen molar-refractivity contribution >= 4 is 11.6 Å². The van der Waals surface area contributed by atoms with E-state index in [9.17, 15) is 9.90 Å². The smallest absolute Gasteiger partial charge is 0.224 e. The van der Waals surface area contributed by atoms with E-state index in [1.54, 1.807) is 19.1 Å². The van der Waals surface area contributed by atoms with Gasteiger partial charge in [-0.3, -0.25) is 4.79 Å². The van der Waals surface area contributed by atoms with Crippen LogP contribution in [0.5, 0.6) is 5.75 Å². The number of nitrogens with two attached hydrogens (primary N) is 1. The van der Waals surface area contributed by atoms with Gasteiger partial charge in [-0.05, 0) is 23.8 Å². The van der Waals surface area contributed by atoms with Crippen molar-refractivity contribution in [2.75, 3.05) is 5.32 Å². The van der Waals surface area contributed by atoms with Gasteiger partial charge in [0.1, 0.15) is 5.75 Å². The number of hydrogen-bond donors (Lipinski definition) is 3. The summed E-state index contributed by atoms with van der Waals surface area (Å²) in [7, 11) is 0. The predicted octanol–water partition coefficient (Wildman–Crippen LogP) is 1.20. The molecule has 0 fully saturated rings. The van der Waals surface area contributed by atoms with Gasteiger partial charge in [0.15, 0.2) is 0 Å². The highest BCUT2D eigenvalue weighted by atomic mass is 16.3. The van der Waals surface area contributed by atoms with Crippen molar-refractivity contribution in [2.45, 2.75) is 19.9 Å². The van der Waals surface area contributed by atoms with Crippen molar-refractivity contribution < 1.29 is 9.90 Å². The first-order valence-corrected chi connectivity index (χ1v) is 4.49. The summed E-state index contributed by atoms with van der Waals surface area (Å²) < 4.78 is 0. The molecule has 0 unspecified atom stereocenters. The molecule has 0 radical (unpaired) electrons. The van der Waals surface area contributed by atoms with Crippen molar-refractivity contribution in [3.8, 4) is 5.75 Å². The third-order valence-corrected chi connectivity index (χ3v) is 1.90. The second-order valence-corrected chi connectivity index (χ2v) is 2.95. The minimum atomic E-state index is -0.0645. The minimum absolute atomic E-state index is 0.0645. The van der Waals surface area contributed by atoms with Crippen LogP contribution < -0.4 is 11.1 Å². The number of carbonyl (C=O) groups excluding carboxylic acids is 1. The van der Waals surface area contributed by atoms with E-state index in [1.165, 1.54) is 6.07 Å². The van der Waals surface area contributed by atoms with Crippen molar-refractivity contribution in [2.24, 2.45) is 5.73 Å². The van der Waals surface area contributed by atoms with Crippen LogP contribution in [0.15, 0.2) is 18.2 Å². The third-order valence-electron chi connectivity index (χ3n) is 1.90. The number of phenols is 1. The fraction of sp³-hybridized carbons (Fsp3) is 0.300. The van der Waals surface area contributed by atoms with Crippen molar-refractivity contribution in [3.05, 3.63) is 23.8 Å². The van der Waals surface area contributed by atoms with Gasteiger partial charge in [0.2, 0.25) is 5.91 Å². The number of hydrogen-bond acceptors (Lipinski definition) is 3. The Hall–Kier alpha value is -1.55. The van der Waals surface area contributed by atoms with Gasteiger partial charge in [-0.1, -0.05) is 6.92 Å². The predicted molar refractivity (Wildman–Crippen MR) is 54.9 cm³/mol. The first-order valence-electron chi connectivity index (χ1n) is 4.49. The molecular weight excluding hydrogens is 180 g/mol. The standard InChI is InChI=1S/C10H14N2O2/c1-2-10(14)12-9-4-3-8(13)5-7(9)6-11/h3-5,13H,2,6,11H2,1H3,(H,12,14). The molecule has 0 heterocycles. The molecule has 14 heavy (non-hydrogen) atoms. The lowest BCUT2D eigenvalue weighted by molar-refractivity contribution is -0.115. The highest BCUT2D eigenvalue weighted by molar-refractivity contribution is 5.91. The maximum absolute atomic E-state index is 11.1. The van der Waals surface area contributed by atoms with Gasteiger partial charge in [0.25, 0.3) is 0 Å². The normalized spacial score (nSPS) is 9.86. The maximum atomic E-state index is 11.1. The summed E-state index contributed by atoms with van der Waals surface area (Å²) in [6, 6.07) is 4.71. The largest absolute Gasteiger partial charge is 0.508 e. The molecule has 1 amide bonds.